The van der Waals surface area contributed by atoms with Crippen LogP contribution in [0.5, 0.6) is 0 Å². The molecule has 0 aliphatic rings. The van der Waals surface area contributed by atoms with Crippen molar-refractivity contribution in [1.29, 1.82) is 0 Å². The molecule has 3 heterocycles. The standard InChI is InChI=1S/C32H31N3O/c1-18(2)22-10-9-11-23(19(3)4)30(22)35-26-13-8-7-12-25(26)34-32(35)28-20(5)14-15-24-29-21(6)33-17-16-27(29)36-31(24)28/h7-19H,1-6H3. The molecular formula is C32H31N3O. The van der Waals surface area contributed by atoms with Gasteiger partial charge in [-0.2, -0.15) is 0 Å². The quantitative estimate of drug-likeness (QED) is 0.257. The van der Waals surface area contributed by atoms with E-state index in [2.05, 4.69) is 98.8 Å². The first kappa shape index (κ1) is 22.5. The Kier molecular flexibility index (Phi) is 5.22. The average Bonchev–Trinajstić information content (AvgIpc) is 3.42. The lowest BCUT2D eigenvalue weighted by Crippen LogP contribution is -2.09. The number of nitrogens with zero attached hydrogens (tertiary/aromatic N) is 3. The molecule has 0 atom stereocenters. The lowest BCUT2D eigenvalue weighted by atomic mass is 9.92. The third kappa shape index (κ3) is 3.28. The van der Waals surface area contributed by atoms with E-state index in [1.165, 1.54) is 16.8 Å². The second kappa shape index (κ2) is 8.34. The minimum atomic E-state index is 0.365. The zero-order valence-corrected chi connectivity index (χ0v) is 21.8. The van der Waals surface area contributed by atoms with E-state index in [4.69, 9.17) is 9.40 Å². The van der Waals surface area contributed by atoms with Crippen LogP contribution in [0.3, 0.4) is 0 Å². The van der Waals surface area contributed by atoms with Gasteiger partial charge in [-0.1, -0.05) is 70.2 Å². The second-order valence-corrected chi connectivity index (χ2v) is 10.4. The summed E-state index contributed by atoms with van der Waals surface area (Å²) in [6.45, 7) is 13.3. The van der Waals surface area contributed by atoms with E-state index < -0.39 is 0 Å². The van der Waals surface area contributed by atoms with Crippen LogP contribution in [0.25, 0.3) is 50.0 Å². The Morgan fingerprint density at radius 2 is 1.53 bits per heavy atom. The molecule has 3 aromatic carbocycles. The maximum absolute atomic E-state index is 6.55. The Morgan fingerprint density at radius 3 is 2.25 bits per heavy atom. The number of fused-ring (bicyclic) bond motifs is 4. The molecule has 4 nitrogen and oxygen atoms in total. The van der Waals surface area contributed by atoms with Gasteiger partial charge < -0.3 is 4.42 Å². The van der Waals surface area contributed by atoms with E-state index in [0.717, 1.165) is 55.6 Å². The molecule has 36 heavy (non-hydrogen) atoms. The van der Waals surface area contributed by atoms with Gasteiger partial charge in [-0.25, -0.2) is 4.98 Å². The number of hydrogen-bond acceptors (Lipinski definition) is 3. The van der Waals surface area contributed by atoms with Crippen molar-refractivity contribution in [1.82, 2.24) is 14.5 Å². The monoisotopic (exact) mass is 473 g/mol. The Hall–Kier alpha value is -3.92. The summed E-state index contributed by atoms with van der Waals surface area (Å²) in [4.78, 5) is 9.79. The fraction of sp³-hybridized carbons (Fsp3) is 0.250. The lowest BCUT2D eigenvalue weighted by Gasteiger charge is -2.23. The SMILES string of the molecule is Cc1ccc2c(oc3ccnc(C)c32)c1-c1nc2ccccc2n1-c1c(C(C)C)cccc1C(C)C. The van der Waals surface area contributed by atoms with E-state index >= 15 is 0 Å². The van der Waals surface area contributed by atoms with Gasteiger partial charge in [0.2, 0.25) is 0 Å². The Morgan fingerprint density at radius 1 is 0.806 bits per heavy atom. The Labute approximate surface area is 211 Å². The second-order valence-electron chi connectivity index (χ2n) is 10.4. The molecule has 0 saturated carbocycles. The number of furan rings is 1. The number of hydrogen-bond donors (Lipinski definition) is 0. The van der Waals surface area contributed by atoms with Crippen LogP contribution in [0.2, 0.25) is 0 Å². The van der Waals surface area contributed by atoms with Gasteiger partial charge in [-0.05, 0) is 60.6 Å². The van der Waals surface area contributed by atoms with Gasteiger partial charge in [0.05, 0.1) is 22.3 Å². The fourth-order valence-corrected chi connectivity index (χ4v) is 5.52. The summed E-state index contributed by atoms with van der Waals surface area (Å²) in [5.41, 5.74) is 10.8. The summed E-state index contributed by atoms with van der Waals surface area (Å²) in [7, 11) is 0. The Bertz CT molecular complexity index is 1740. The molecule has 0 spiro atoms. The molecule has 0 aliphatic heterocycles. The van der Waals surface area contributed by atoms with Crippen LogP contribution in [-0.2, 0) is 0 Å². The zero-order valence-electron chi connectivity index (χ0n) is 21.8. The van der Waals surface area contributed by atoms with E-state index in [9.17, 15) is 0 Å². The molecule has 0 N–H and O–H groups in total. The average molecular weight is 474 g/mol. The molecule has 3 aromatic heterocycles. The molecule has 180 valence electrons. The van der Waals surface area contributed by atoms with Crippen molar-refractivity contribution in [2.24, 2.45) is 0 Å². The van der Waals surface area contributed by atoms with Crippen molar-refractivity contribution in [2.75, 3.05) is 0 Å². The summed E-state index contributed by atoms with van der Waals surface area (Å²) in [6.07, 6.45) is 1.82. The van der Waals surface area contributed by atoms with Crippen LogP contribution < -0.4 is 0 Å². The molecule has 0 bridgehead atoms. The topological polar surface area (TPSA) is 43.9 Å². The first-order chi connectivity index (χ1) is 17.4. The molecule has 0 fully saturated rings. The molecule has 0 unspecified atom stereocenters. The Balaban J connectivity index is 1.80. The van der Waals surface area contributed by atoms with Gasteiger partial charge in [0.15, 0.2) is 0 Å². The molecule has 6 aromatic rings. The van der Waals surface area contributed by atoms with Gasteiger partial charge in [0.1, 0.15) is 17.0 Å². The molecule has 6 rings (SSSR count). The van der Waals surface area contributed by atoms with Gasteiger partial charge in [0.25, 0.3) is 0 Å². The van der Waals surface area contributed by atoms with Crippen LogP contribution >= 0.6 is 0 Å². The summed E-state index contributed by atoms with van der Waals surface area (Å²) < 4.78 is 8.92. The minimum absolute atomic E-state index is 0.365. The molecular weight excluding hydrogens is 442 g/mol. The fourth-order valence-electron chi connectivity index (χ4n) is 5.52. The van der Waals surface area contributed by atoms with Crippen LogP contribution in [-0.4, -0.2) is 14.5 Å². The molecule has 0 aliphatic carbocycles. The predicted octanol–water partition coefficient (Wildman–Crippen LogP) is 8.85. The highest BCUT2D eigenvalue weighted by Gasteiger charge is 2.25. The van der Waals surface area contributed by atoms with Crippen LogP contribution in [0, 0.1) is 13.8 Å². The van der Waals surface area contributed by atoms with E-state index in [-0.39, 0.29) is 0 Å². The van der Waals surface area contributed by atoms with Gasteiger partial charge in [0, 0.05) is 22.7 Å². The molecule has 0 radical (unpaired) electrons. The van der Waals surface area contributed by atoms with Gasteiger partial charge in [-0.15, -0.1) is 0 Å². The van der Waals surface area contributed by atoms with Crippen molar-refractivity contribution in [2.45, 2.75) is 53.4 Å². The third-order valence-electron chi connectivity index (χ3n) is 7.30. The van der Waals surface area contributed by atoms with Crippen molar-refractivity contribution in [3.63, 3.8) is 0 Å². The number of aromatic nitrogens is 3. The zero-order chi connectivity index (χ0) is 25.1. The smallest absolute Gasteiger partial charge is 0.149 e. The van der Waals surface area contributed by atoms with E-state index in [1.54, 1.807) is 0 Å². The first-order valence-electron chi connectivity index (χ1n) is 12.7. The summed E-state index contributed by atoms with van der Waals surface area (Å²) >= 11 is 0. The summed E-state index contributed by atoms with van der Waals surface area (Å²) in [5.74, 6) is 1.65. The predicted molar refractivity (Wildman–Crippen MR) is 149 cm³/mol. The number of aryl methyl sites for hydroxylation is 2. The van der Waals surface area contributed by atoms with Crippen molar-refractivity contribution < 1.29 is 4.42 Å². The van der Waals surface area contributed by atoms with E-state index in [0.29, 0.717) is 11.8 Å². The number of imidazole rings is 1. The number of para-hydroxylation sites is 3. The largest absolute Gasteiger partial charge is 0.455 e. The maximum atomic E-state index is 6.55. The number of rotatable bonds is 4. The number of pyridine rings is 1. The highest BCUT2D eigenvalue weighted by Crippen LogP contribution is 2.42. The third-order valence-corrected chi connectivity index (χ3v) is 7.30. The van der Waals surface area contributed by atoms with Crippen LogP contribution in [0.1, 0.15) is 61.9 Å². The molecule has 0 amide bonds. The first-order valence-corrected chi connectivity index (χ1v) is 12.7. The molecule has 4 heteroatoms. The highest BCUT2D eigenvalue weighted by atomic mass is 16.3. The number of benzene rings is 3. The minimum Gasteiger partial charge on any atom is -0.455 e. The van der Waals surface area contributed by atoms with Gasteiger partial charge in [-0.3, -0.25) is 9.55 Å². The molecule has 0 saturated heterocycles. The lowest BCUT2D eigenvalue weighted by molar-refractivity contribution is 0.668. The van der Waals surface area contributed by atoms with Crippen LogP contribution in [0.15, 0.2) is 71.3 Å². The summed E-state index contributed by atoms with van der Waals surface area (Å²) in [6, 6.07) is 21.4. The van der Waals surface area contributed by atoms with Crippen molar-refractivity contribution in [3.8, 4) is 17.1 Å². The van der Waals surface area contributed by atoms with Crippen molar-refractivity contribution in [3.05, 3.63) is 89.2 Å². The van der Waals surface area contributed by atoms with Crippen LogP contribution in [0.4, 0.5) is 0 Å². The summed E-state index contributed by atoms with van der Waals surface area (Å²) in [5, 5.41) is 2.15. The highest BCUT2D eigenvalue weighted by molar-refractivity contribution is 6.11. The van der Waals surface area contributed by atoms with Crippen molar-refractivity contribution >= 4 is 33.0 Å². The van der Waals surface area contributed by atoms with E-state index in [1.807, 2.05) is 19.2 Å². The normalized spacial score (nSPS) is 12.1. The van der Waals surface area contributed by atoms with Gasteiger partial charge >= 0.3 is 0 Å². The maximum Gasteiger partial charge on any atom is 0.149 e.